The Labute approximate surface area is 162 Å². The average molecular weight is 418 g/mol. The number of piperidine rings is 1. The third kappa shape index (κ3) is 4.47. The molecule has 0 amide bonds. The molecule has 2 aromatic carbocycles. The number of rotatable bonds is 3. The van der Waals surface area contributed by atoms with Crippen LogP contribution >= 0.6 is 28.1 Å². The highest BCUT2D eigenvalue weighted by Gasteiger charge is 2.20. The van der Waals surface area contributed by atoms with Gasteiger partial charge in [0.1, 0.15) is 10.7 Å². The summed E-state index contributed by atoms with van der Waals surface area (Å²) in [6, 6.07) is 13.0. The number of thiocarbonyl (C=S) groups is 1. The van der Waals surface area contributed by atoms with E-state index in [-0.39, 0.29) is 5.97 Å². The van der Waals surface area contributed by atoms with Crippen LogP contribution in [0.2, 0.25) is 0 Å². The van der Waals surface area contributed by atoms with E-state index >= 15 is 0 Å². The lowest BCUT2D eigenvalue weighted by Crippen LogP contribution is -2.35. The van der Waals surface area contributed by atoms with E-state index in [1.807, 2.05) is 37.3 Å². The van der Waals surface area contributed by atoms with Crippen molar-refractivity contribution >= 4 is 39.1 Å². The molecule has 1 saturated heterocycles. The highest BCUT2D eigenvalue weighted by molar-refractivity contribution is 9.10. The molecule has 0 spiro atoms. The van der Waals surface area contributed by atoms with E-state index in [0.29, 0.717) is 11.3 Å². The minimum atomic E-state index is -0.367. The fraction of sp³-hybridized carbons (Fsp3) is 0.300. The number of carbonyl (C=O) groups excluding carboxylic acids is 1. The third-order valence-corrected chi connectivity index (χ3v) is 5.24. The Morgan fingerprint density at radius 2 is 1.88 bits per heavy atom. The first-order valence-electron chi connectivity index (χ1n) is 8.42. The molecule has 1 aliphatic heterocycles. The summed E-state index contributed by atoms with van der Waals surface area (Å²) in [5.41, 5.74) is 2.35. The van der Waals surface area contributed by atoms with Gasteiger partial charge in [0.25, 0.3) is 0 Å². The van der Waals surface area contributed by atoms with Crippen LogP contribution in [-0.4, -0.2) is 28.9 Å². The van der Waals surface area contributed by atoms with Gasteiger partial charge in [0.05, 0.1) is 11.1 Å². The zero-order valence-corrected chi connectivity index (χ0v) is 16.5. The Morgan fingerprint density at radius 3 is 2.60 bits per heavy atom. The van der Waals surface area contributed by atoms with Crippen LogP contribution in [0.3, 0.4) is 0 Å². The number of hydrogen-bond acceptors (Lipinski definition) is 3. The monoisotopic (exact) mass is 417 g/mol. The van der Waals surface area contributed by atoms with Gasteiger partial charge in [0.15, 0.2) is 0 Å². The Balaban J connectivity index is 1.86. The lowest BCUT2D eigenvalue weighted by atomic mass is 10.1. The van der Waals surface area contributed by atoms with Gasteiger partial charge in [-0.1, -0.05) is 45.8 Å². The maximum atomic E-state index is 12.5. The number of halogens is 1. The molecule has 0 bridgehead atoms. The third-order valence-electron chi connectivity index (χ3n) is 4.27. The van der Waals surface area contributed by atoms with Crippen LogP contribution in [0, 0.1) is 6.92 Å². The van der Waals surface area contributed by atoms with Crippen LogP contribution in [0.1, 0.15) is 40.7 Å². The molecule has 1 heterocycles. The van der Waals surface area contributed by atoms with Crippen LogP contribution in [0.5, 0.6) is 5.75 Å². The zero-order chi connectivity index (χ0) is 17.8. The molecule has 0 N–H and O–H groups in total. The molecule has 2 aromatic rings. The van der Waals surface area contributed by atoms with Gasteiger partial charge >= 0.3 is 5.97 Å². The Morgan fingerprint density at radius 1 is 1.12 bits per heavy atom. The molecular formula is C20H20BrNO2S. The first-order chi connectivity index (χ1) is 12.0. The maximum Gasteiger partial charge on any atom is 0.343 e. The number of ether oxygens (including phenoxy) is 1. The van der Waals surface area contributed by atoms with E-state index in [1.165, 1.54) is 6.42 Å². The summed E-state index contributed by atoms with van der Waals surface area (Å²) in [6.07, 6.45) is 3.53. The van der Waals surface area contributed by atoms with E-state index < -0.39 is 0 Å². The second kappa shape index (κ2) is 8.11. The molecule has 5 heteroatoms. The smallest absolute Gasteiger partial charge is 0.343 e. The molecule has 3 rings (SSSR count). The highest BCUT2D eigenvalue weighted by atomic mass is 79.9. The summed E-state index contributed by atoms with van der Waals surface area (Å²) in [6.45, 7) is 3.86. The Bertz CT molecular complexity index is 800. The summed E-state index contributed by atoms with van der Waals surface area (Å²) in [5, 5.41) is 0. The number of nitrogens with zero attached hydrogens (tertiary/aromatic N) is 1. The molecule has 1 fully saturated rings. The van der Waals surface area contributed by atoms with Crippen LogP contribution in [0.4, 0.5) is 0 Å². The minimum absolute atomic E-state index is 0.367. The molecule has 0 radical (unpaired) electrons. The Hall–Kier alpha value is -1.72. The van der Waals surface area contributed by atoms with Gasteiger partial charge in [0.2, 0.25) is 0 Å². The highest BCUT2D eigenvalue weighted by Crippen LogP contribution is 2.27. The standard InChI is InChI=1S/C20H20BrNO2S/c1-14-6-5-7-15(12-14)20(23)24-18-9-8-16(21)13-17(18)19(25)22-10-3-2-4-11-22/h5-9,12-13H,2-4,10-11H2,1H3. The number of likely N-dealkylation sites (tertiary alicyclic amines) is 1. The summed E-state index contributed by atoms with van der Waals surface area (Å²) in [7, 11) is 0. The van der Waals surface area contributed by atoms with Crippen molar-refractivity contribution in [2.45, 2.75) is 26.2 Å². The lowest BCUT2D eigenvalue weighted by molar-refractivity contribution is 0.0734. The maximum absolute atomic E-state index is 12.5. The number of carbonyl (C=O) groups is 1. The van der Waals surface area contributed by atoms with Gasteiger partial charge in [-0.3, -0.25) is 0 Å². The number of hydrogen-bond donors (Lipinski definition) is 0. The Kier molecular flexibility index (Phi) is 5.86. The van der Waals surface area contributed by atoms with Crippen LogP contribution in [0.15, 0.2) is 46.9 Å². The fourth-order valence-corrected chi connectivity index (χ4v) is 3.66. The fourth-order valence-electron chi connectivity index (χ4n) is 2.96. The number of esters is 1. The normalized spacial score (nSPS) is 14.2. The lowest BCUT2D eigenvalue weighted by Gasteiger charge is -2.29. The molecule has 0 unspecified atom stereocenters. The van der Waals surface area contributed by atoms with Gasteiger partial charge in [-0.25, -0.2) is 4.79 Å². The van der Waals surface area contributed by atoms with Crippen LogP contribution in [0.25, 0.3) is 0 Å². The minimum Gasteiger partial charge on any atom is -0.422 e. The van der Waals surface area contributed by atoms with Gasteiger partial charge in [-0.15, -0.1) is 0 Å². The van der Waals surface area contributed by atoms with Crippen molar-refractivity contribution < 1.29 is 9.53 Å². The molecule has 25 heavy (non-hydrogen) atoms. The quantitative estimate of drug-likeness (QED) is 0.392. The van der Waals surface area contributed by atoms with Crippen molar-refractivity contribution in [3.05, 3.63) is 63.6 Å². The van der Waals surface area contributed by atoms with Crippen molar-refractivity contribution in [3.63, 3.8) is 0 Å². The predicted octanol–water partition coefficient (Wildman–Crippen LogP) is 5.14. The molecule has 0 aliphatic carbocycles. The first kappa shape index (κ1) is 18.1. The molecular weight excluding hydrogens is 398 g/mol. The molecule has 130 valence electrons. The molecule has 0 atom stereocenters. The van der Waals surface area contributed by atoms with E-state index in [9.17, 15) is 4.79 Å². The number of aryl methyl sites for hydroxylation is 1. The van der Waals surface area contributed by atoms with E-state index in [2.05, 4.69) is 20.8 Å². The van der Waals surface area contributed by atoms with Crippen LogP contribution < -0.4 is 4.74 Å². The molecule has 3 nitrogen and oxygen atoms in total. The largest absolute Gasteiger partial charge is 0.422 e. The predicted molar refractivity (Wildman–Crippen MR) is 107 cm³/mol. The van der Waals surface area contributed by atoms with E-state index in [1.54, 1.807) is 12.1 Å². The summed E-state index contributed by atoms with van der Waals surface area (Å²) >= 11 is 9.18. The van der Waals surface area contributed by atoms with Gasteiger partial charge < -0.3 is 9.64 Å². The second-order valence-electron chi connectivity index (χ2n) is 6.25. The van der Waals surface area contributed by atoms with Crippen molar-refractivity contribution in [1.29, 1.82) is 0 Å². The van der Waals surface area contributed by atoms with Crippen molar-refractivity contribution in [3.8, 4) is 5.75 Å². The van der Waals surface area contributed by atoms with Gasteiger partial charge in [0, 0.05) is 17.6 Å². The van der Waals surface area contributed by atoms with E-state index in [4.69, 9.17) is 17.0 Å². The molecule has 0 saturated carbocycles. The van der Waals surface area contributed by atoms with Crippen molar-refractivity contribution in [2.24, 2.45) is 0 Å². The summed E-state index contributed by atoms with van der Waals surface area (Å²) in [4.78, 5) is 15.5. The van der Waals surface area contributed by atoms with Crippen LogP contribution in [-0.2, 0) is 0 Å². The first-order valence-corrected chi connectivity index (χ1v) is 9.62. The van der Waals surface area contributed by atoms with Crippen molar-refractivity contribution in [1.82, 2.24) is 4.90 Å². The SMILES string of the molecule is Cc1cccc(C(=O)Oc2ccc(Br)cc2C(=S)N2CCCCC2)c1. The number of benzene rings is 2. The second-order valence-corrected chi connectivity index (χ2v) is 7.55. The average Bonchev–Trinajstić information content (AvgIpc) is 2.63. The molecule has 1 aliphatic rings. The van der Waals surface area contributed by atoms with E-state index in [0.717, 1.165) is 46.5 Å². The zero-order valence-electron chi connectivity index (χ0n) is 14.1. The molecule has 0 aromatic heterocycles. The topological polar surface area (TPSA) is 29.5 Å². The summed E-state index contributed by atoms with van der Waals surface area (Å²) < 4.78 is 6.59. The van der Waals surface area contributed by atoms with Gasteiger partial charge in [-0.05, 0) is 56.5 Å². The van der Waals surface area contributed by atoms with Gasteiger partial charge in [-0.2, -0.15) is 0 Å². The summed E-state index contributed by atoms with van der Waals surface area (Å²) in [5.74, 6) is 0.138. The van der Waals surface area contributed by atoms with Crippen molar-refractivity contribution in [2.75, 3.05) is 13.1 Å².